The van der Waals surface area contributed by atoms with E-state index >= 15 is 0 Å². The Morgan fingerprint density at radius 1 is 0.949 bits per heavy atom. The van der Waals surface area contributed by atoms with Crippen LogP contribution < -0.4 is 15.8 Å². The van der Waals surface area contributed by atoms with E-state index < -0.39 is 10.0 Å². The second-order valence-electron chi connectivity index (χ2n) is 8.91. The van der Waals surface area contributed by atoms with Gasteiger partial charge in [-0.3, -0.25) is 4.40 Å². The zero-order valence-electron chi connectivity index (χ0n) is 20.8. The van der Waals surface area contributed by atoms with Gasteiger partial charge in [-0.1, -0.05) is 48.5 Å². The molecule has 0 aliphatic heterocycles. The molecule has 9 nitrogen and oxygen atoms in total. The summed E-state index contributed by atoms with van der Waals surface area (Å²) in [7, 11) is -3.64. The van der Waals surface area contributed by atoms with Crippen LogP contribution in [0.3, 0.4) is 0 Å². The molecule has 0 saturated carbocycles. The summed E-state index contributed by atoms with van der Waals surface area (Å²) in [5.74, 6) is 0.452. The molecule has 0 unspecified atom stereocenters. The topological polar surface area (TPSA) is 127 Å². The third-order valence-corrected chi connectivity index (χ3v) is 8.56. The number of anilines is 2. The molecule has 0 radical (unpaired) electrons. The minimum Gasteiger partial charge on any atom is -0.399 e. The molecular formula is C28H25N7O2S2. The van der Waals surface area contributed by atoms with Crippen molar-refractivity contribution in [2.24, 2.45) is 0 Å². The number of fused-ring (bicyclic) bond motifs is 2. The van der Waals surface area contributed by atoms with Crippen LogP contribution in [0.5, 0.6) is 0 Å². The molecule has 6 rings (SSSR count). The largest absolute Gasteiger partial charge is 0.399 e. The highest BCUT2D eigenvalue weighted by molar-refractivity contribution is 7.89. The summed E-state index contributed by atoms with van der Waals surface area (Å²) in [6, 6.07) is 22.2. The monoisotopic (exact) mass is 555 g/mol. The predicted molar refractivity (Wildman–Crippen MR) is 156 cm³/mol. The molecule has 0 aliphatic carbocycles. The number of hydrogen-bond acceptors (Lipinski definition) is 8. The highest BCUT2D eigenvalue weighted by atomic mass is 32.2. The van der Waals surface area contributed by atoms with E-state index in [0.717, 1.165) is 27.3 Å². The van der Waals surface area contributed by atoms with Gasteiger partial charge >= 0.3 is 0 Å². The second kappa shape index (κ2) is 10.4. The normalized spacial score (nSPS) is 11.8. The zero-order valence-corrected chi connectivity index (χ0v) is 22.4. The van der Waals surface area contributed by atoms with Gasteiger partial charge in [-0.15, -0.1) is 11.3 Å². The first-order valence-corrected chi connectivity index (χ1v) is 14.7. The Morgan fingerprint density at radius 2 is 1.79 bits per heavy atom. The van der Waals surface area contributed by atoms with Crippen molar-refractivity contribution in [2.75, 3.05) is 24.1 Å². The molecule has 11 heteroatoms. The average molecular weight is 556 g/mol. The van der Waals surface area contributed by atoms with Crippen molar-refractivity contribution in [1.82, 2.24) is 24.1 Å². The van der Waals surface area contributed by atoms with Crippen LogP contribution in [0.25, 0.3) is 38.4 Å². The maximum atomic E-state index is 12.9. The van der Waals surface area contributed by atoms with Gasteiger partial charge in [-0.25, -0.2) is 28.1 Å². The SMILES string of the molecule is Nc1cccc(-c2nc3sccn3c2-c2ccnc(NCCCNS(=O)(=O)c3cccc4ccccc34)n2)c1. The van der Waals surface area contributed by atoms with Crippen LogP contribution in [-0.2, 0) is 10.0 Å². The van der Waals surface area contributed by atoms with Crippen molar-refractivity contribution >= 4 is 48.7 Å². The van der Waals surface area contributed by atoms with E-state index in [2.05, 4.69) is 15.0 Å². The minimum atomic E-state index is -3.64. The van der Waals surface area contributed by atoms with Gasteiger partial charge in [0.05, 0.1) is 16.3 Å². The van der Waals surface area contributed by atoms with Crippen LogP contribution in [0.1, 0.15) is 6.42 Å². The van der Waals surface area contributed by atoms with Crippen molar-refractivity contribution in [1.29, 1.82) is 0 Å². The number of imidazole rings is 1. The number of sulfonamides is 1. The third-order valence-electron chi connectivity index (χ3n) is 6.29. The lowest BCUT2D eigenvalue weighted by atomic mass is 10.1. The lowest BCUT2D eigenvalue weighted by Crippen LogP contribution is -2.26. The Balaban J connectivity index is 1.15. The summed E-state index contributed by atoms with van der Waals surface area (Å²) >= 11 is 1.55. The smallest absolute Gasteiger partial charge is 0.241 e. The molecule has 0 amide bonds. The third kappa shape index (κ3) is 5.07. The van der Waals surface area contributed by atoms with Crippen LogP contribution in [0, 0.1) is 0 Å². The number of rotatable bonds is 9. The zero-order chi connectivity index (χ0) is 26.8. The van der Waals surface area contributed by atoms with E-state index in [9.17, 15) is 8.42 Å². The maximum absolute atomic E-state index is 12.9. The fourth-order valence-corrected chi connectivity index (χ4v) is 6.51. The number of nitrogens with one attached hydrogen (secondary N) is 2. The van der Waals surface area contributed by atoms with Gasteiger partial charge in [-0.2, -0.15) is 0 Å². The van der Waals surface area contributed by atoms with Crippen molar-refractivity contribution in [2.45, 2.75) is 11.3 Å². The molecule has 0 aliphatic rings. The minimum absolute atomic E-state index is 0.274. The molecule has 3 aromatic heterocycles. The number of aromatic nitrogens is 4. The quantitative estimate of drug-likeness (QED) is 0.169. The van der Waals surface area contributed by atoms with Gasteiger partial charge in [-0.05, 0) is 36.1 Å². The Morgan fingerprint density at radius 3 is 2.69 bits per heavy atom. The Labute approximate surface area is 229 Å². The number of nitrogen functional groups attached to an aromatic ring is 1. The Bertz CT molecular complexity index is 1890. The van der Waals surface area contributed by atoms with Gasteiger partial charge in [0.2, 0.25) is 16.0 Å². The molecule has 0 spiro atoms. The fraction of sp³-hybridized carbons (Fsp3) is 0.107. The van der Waals surface area contributed by atoms with Crippen LogP contribution in [-0.4, -0.2) is 40.9 Å². The van der Waals surface area contributed by atoms with Crippen LogP contribution in [0.15, 0.2) is 95.5 Å². The molecule has 3 aromatic carbocycles. The fourth-order valence-electron chi connectivity index (χ4n) is 4.50. The van der Waals surface area contributed by atoms with E-state index in [1.165, 1.54) is 0 Å². The Hall–Kier alpha value is -4.32. The molecule has 4 N–H and O–H groups in total. The first-order valence-electron chi connectivity index (χ1n) is 12.4. The second-order valence-corrected chi connectivity index (χ2v) is 11.5. The molecule has 0 saturated heterocycles. The van der Waals surface area contributed by atoms with Gasteiger partial charge in [0.1, 0.15) is 5.69 Å². The van der Waals surface area contributed by atoms with E-state index in [1.807, 2.05) is 76.6 Å². The molecule has 3 heterocycles. The standard InChI is InChI=1S/C28H25N7O2S2/c29-21-9-3-8-20(18-21)25-26(35-16-17-38-28(35)34-25)23-12-15-31-27(33-23)30-13-5-14-32-39(36,37)24-11-4-7-19-6-1-2-10-22(19)24/h1-4,6-12,15-18,32H,5,13-14,29H2,(H,30,31,33). The first-order chi connectivity index (χ1) is 19.0. The summed E-state index contributed by atoms with van der Waals surface area (Å²) < 4.78 is 30.6. The van der Waals surface area contributed by atoms with Crippen molar-refractivity contribution in [3.63, 3.8) is 0 Å². The van der Waals surface area contributed by atoms with Crippen LogP contribution in [0.4, 0.5) is 11.6 Å². The lowest BCUT2D eigenvalue weighted by molar-refractivity contribution is 0.581. The summed E-state index contributed by atoms with van der Waals surface area (Å²) in [5, 5.41) is 6.78. The van der Waals surface area contributed by atoms with E-state index in [1.54, 1.807) is 29.7 Å². The van der Waals surface area contributed by atoms with Crippen molar-refractivity contribution in [3.05, 3.63) is 90.6 Å². The maximum Gasteiger partial charge on any atom is 0.241 e. The van der Waals surface area contributed by atoms with Gasteiger partial charge in [0.15, 0.2) is 4.96 Å². The predicted octanol–water partition coefficient (Wildman–Crippen LogP) is 5.04. The molecule has 0 atom stereocenters. The Kier molecular flexibility index (Phi) is 6.69. The van der Waals surface area contributed by atoms with E-state index in [-0.39, 0.29) is 11.4 Å². The molecule has 0 bridgehead atoms. The van der Waals surface area contributed by atoms with Crippen molar-refractivity contribution in [3.8, 4) is 22.6 Å². The van der Waals surface area contributed by atoms with E-state index in [0.29, 0.717) is 35.7 Å². The summed E-state index contributed by atoms with van der Waals surface area (Å²) in [5.41, 5.74) is 9.96. The van der Waals surface area contributed by atoms with Crippen LogP contribution in [0.2, 0.25) is 0 Å². The summed E-state index contributed by atoms with van der Waals surface area (Å²) in [4.78, 5) is 15.0. The average Bonchev–Trinajstić information content (AvgIpc) is 3.54. The highest BCUT2D eigenvalue weighted by Crippen LogP contribution is 2.34. The summed E-state index contributed by atoms with van der Waals surface area (Å²) in [6.45, 7) is 0.764. The number of hydrogen-bond donors (Lipinski definition) is 3. The molecule has 196 valence electrons. The van der Waals surface area contributed by atoms with Crippen molar-refractivity contribution < 1.29 is 8.42 Å². The summed E-state index contributed by atoms with van der Waals surface area (Å²) in [6.07, 6.45) is 4.21. The molecular weight excluding hydrogens is 530 g/mol. The molecule has 6 aromatic rings. The van der Waals surface area contributed by atoms with E-state index in [4.69, 9.17) is 15.7 Å². The number of thiazole rings is 1. The van der Waals surface area contributed by atoms with Gasteiger partial charge in [0.25, 0.3) is 0 Å². The van der Waals surface area contributed by atoms with Crippen LogP contribution >= 0.6 is 11.3 Å². The molecule has 39 heavy (non-hydrogen) atoms. The lowest BCUT2D eigenvalue weighted by Gasteiger charge is -2.10. The molecule has 0 fully saturated rings. The number of nitrogens with zero attached hydrogens (tertiary/aromatic N) is 4. The number of nitrogens with two attached hydrogens (primary N) is 1. The highest BCUT2D eigenvalue weighted by Gasteiger charge is 2.19. The number of benzene rings is 3. The van der Waals surface area contributed by atoms with Gasteiger partial charge < -0.3 is 11.1 Å². The van der Waals surface area contributed by atoms with Gasteiger partial charge in [0, 0.05) is 47.5 Å². The first kappa shape index (κ1) is 25.0.